The van der Waals surface area contributed by atoms with Gasteiger partial charge in [0.15, 0.2) is 0 Å². The lowest BCUT2D eigenvalue weighted by atomic mass is 9.93. The number of carbonyl (C=O) groups is 2. The molecule has 27 heavy (non-hydrogen) atoms. The quantitative estimate of drug-likeness (QED) is 0.697. The van der Waals surface area contributed by atoms with Gasteiger partial charge in [-0.2, -0.15) is 0 Å². The Morgan fingerprint density at radius 3 is 2.59 bits per heavy atom. The third kappa shape index (κ3) is 3.58. The molecule has 3 aromatic rings. The summed E-state index contributed by atoms with van der Waals surface area (Å²) in [7, 11) is 0. The summed E-state index contributed by atoms with van der Waals surface area (Å²) in [5, 5.41) is 2.66. The van der Waals surface area contributed by atoms with Gasteiger partial charge < -0.3 is 10.1 Å². The number of esters is 1. The fraction of sp³-hybridized carbons (Fsp3) is 0.0909. The molecule has 0 saturated heterocycles. The smallest absolute Gasteiger partial charge is 0.339 e. The minimum absolute atomic E-state index is 0.362. The molecule has 0 spiro atoms. The normalized spacial score (nSPS) is 15.6. The average molecular weight is 361 g/mol. The lowest BCUT2D eigenvalue weighted by Crippen LogP contribution is -2.23. The van der Waals surface area contributed by atoms with Crippen LogP contribution in [-0.4, -0.2) is 11.9 Å². The van der Waals surface area contributed by atoms with E-state index in [9.17, 15) is 14.0 Å². The van der Waals surface area contributed by atoms with Crippen molar-refractivity contribution in [3.05, 3.63) is 101 Å². The van der Waals surface area contributed by atoms with Gasteiger partial charge in [0.05, 0.1) is 5.56 Å². The molecule has 0 fully saturated rings. The predicted octanol–water partition coefficient (Wildman–Crippen LogP) is 4.53. The molecule has 5 heteroatoms. The van der Waals surface area contributed by atoms with Crippen molar-refractivity contribution in [3.8, 4) is 0 Å². The SMILES string of the molecule is O=C(Nc1cccc(F)c1)c1ccc2c(c1)CC(c1ccccc1)OC2=O. The highest BCUT2D eigenvalue weighted by Crippen LogP contribution is 2.31. The van der Waals surface area contributed by atoms with Gasteiger partial charge in [-0.1, -0.05) is 36.4 Å². The monoisotopic (exact) mass is 361 g/mol. The van der Waals surface area contributed by atoms with Gasteiger partial charge in [0.2, 0.25) is 0 Å². The lowest BCUT2D eigenvalue weighted by molar-refractivity contribution is 0.0252. The van der Waals surface area contributed by atoms with Gasteiger partial charge in [0, 0.05) is 17.7 Å². The molecule has 0 saturated carbocycles. The maximum absolute atomic E-state index is 13.3. The van der Waals surface area contributed by atoms with Crippen molar-refractivity contribution in [2.24, 2.45) is 0 Å². The number of carbonyl (C=O) groups excluding carboxylic acids is 2. The molecule has 3 aromatic carbocycles. The largest absolute Gasteiger partial charge is 0.454 e. The Kier molecular flexibility index (Phi) is 4.42. The maximum atomic E-state index is 13.3. The van der Waals surface area contributed by atoms with Crippen LogP contribution in [-0.2, 0) is 11.2 Å². The number of cyclic esters (lactones) is 1. The summed E-state index contributed by atoms with van der Waals surface area (Å²) < 4.78 is 18.8. The van der Waals surface area contributed by atoms with Crippen molar-refractivity contribution in [2.45, 2.75) is 12.5 Å². The first kappa shape index (κ1) is 17.0. The first-order chi connectivity index (χ1) is 13.1. The first-order valence-electron chi connectivity index (χ1n) is 8.56. The van der Waals surface area contributed by atoms with Gasteiger partial charge >= 0.3 is 5.97 Å². The third-order valence-electron chi connectivity index (χ3n) is 4.50. The van der Waals surface area contributed by atoms with E-state index >= 15 is 0 Å². The number of nitrogens with one attached hydrogen (secondary N) is 1. The van der Waals surface area contributed by atoms with Crippen molar-refractivity contribution < 1.29 is 18.7 Å². The minimum Gasteiger partial charge on any atom is -0.454 e. The van der Waals surface area contributed by atoms with E-state index in [2.05, 4.69) is 5.32 Å². The fourth-order valence-electron chi connectivity index (χ4n) is 3.16. The Morgan fingerprint density at radius 2 is 1.81 bits per heavy atom. The van der Waals surface area contributed by atoms with Crippen LogP contribution in [0.25, 0.3) is 0 Å². The Labute approximate surface area is 155 Å². The average Bonchev–Trinajstić information content (AvgIpc) is 2.68. The van der Waals surface area contributed by atoms with Crippen molar-refractivity contribution >= 4 is 17.6 Å². The van der Waals surface area contributed by atoms with Crippen LogP contribution in [0.5, 0.6) is 0 Å². The molecule has 1 N–H and O–H groups in total. The molecule has 0 bridgehead atoms. The standard InChI is InChI=1S/C22H16FNO3/c23-17-7-4-8-18(13-17)24-21(25)15-9-10-19-16(11-15)12-20(27-22(19)26)14-5-2-1-3-6-14/h1-11,13,20H,12H2,(H,24,25). The Hall–Kier alpha value is -3.47. The number of rotatable bonds is 3. The van der Waals surface area contributed by atoms with Gasteiger partial charge in [0.1, 0.15) is 11.9 Å². The van der Waals surface area contributed by atoms with E-state index in [1.807, 2.05) is 30.3 Å². The number of halogens is 1. The number of hydrogen-bond donors (Lipinski definition) is 1. The van der Waals surface area contributed by atoms with Crippen molar-refractivity contribution in [1.82, 2.24) is 0 Å². The molecule has 4 nitrogen and oxygen atoms in total. The zero-order valence-electron chi connectivity index (χ0n) is 14.3. The number of fused-ring (bicyclic) bond motifs is 1. The Morgan fingerprint density at radius 1 is 1.00 bits per heavy atom. The lowest BCUT2D eigenvalue weighted by Gasteiger charge is -2.25. The van der Waals surface area contributed by atoms with E-state index in [4.69, 9.17) is 4.74 Å². The second-order valence-corrected chi connectivity index (χ2v) is 6.35. The summed E-state index contributed by atoms with van der Waals surface area (Å²) in [4.78, 5) is 24.8. The highest BCUT2D eigenvalue weighted by molar-refractivity contribution is 6.05. The fourth-order valence-corrected chi connectivity index (χ4v) is 3.16. The molecule has 1 unspecified atom stereocenters. The van der Waals surface area contributed by atoms with E-state index in [1.54, 1.807) is 24.3 Å². The molecule has 1 heterocycles. The van der Waals surface area contributed by atoms with Crippen LogP contribution in [0.3, 0.4) is 0 Å². The molecular formula is C22H16FNO3. The van der Waals surface area contributed by atoms with Gasteiger partial charge in [-0.15, -0.1) is 0 Å². The van der Waals surface area contributed by atoms with Crippen LogP contribution >= 0.6 is 0 Å². The number of hydrogen-bond acceptors (Lipinski definition) is 3. The number of ether oxygens (including phenoxy) is 1. The van der Waals surface area contributed by atoms with Crippen molar-refractivity contribution in [2.75, 3.05) is 5.32 Å². The first-order valence-corrected chi connectivity index (χ1v) is 8.56. The topological polar surface area (TPSA) is 55.4 Å². The van der Waals surface area contributed by atoms with Crippen LogP contribution in [0.15, 0.2) is 72.8 Å². The number of anilines is 1. The van der Waals surface area contributed by atoms with E-state index < -0.39 is 11.8 Å². The van der Waals surface area contributed by atoms with Gasteiger partial charge in [-0.25, -0.2) is 9.18 Å². The molecule has 1 aliphatic heterocycles. The second kappa shape index (κ2) is 7.03. The maximum Gasteiger partial charge on any atom is 0.339 e. The molecule has 134 valence electrons. The number of benzene rings is 3. The minimum atomic E-state index is -0.424. The summed E-state index contributed by atoms with van der Waals surface area (Å²) in [5.74, 6) is -1.19. The highest BCUT2D eigenvalue weighted by atomic mass is 19.1. The van der Waals surface area contributed by atoms with Crippen LogP contribution in [0.1, 0.15) is 37.9 Å². The molecule has 1 amide bonds. The molecule has 1 aliphatic rings. The Balaban J connectivity index is 1.59. The predicted molar refractivity (Wildman–Crippen MR) is 99.1 cm³/mol. The molecule has 1 atom stereocenters. The summed E-state index contributed by atoms with van der Waals surface area (Å²) >= 11 is 0. The zero-order chi connectivity index (χ0) is 18.8. The summed E-state index contributed by atoms with van der Waals surface area (Å²) in [6.45, 7) is 0. The van der Waals surface area contributed by atoms with Gasteiger partial charge in [-0.3, -0.25) is 4.79 Å². The van der Waals surface area contributed by atoms with Crippen molar-refractivity contribution in [1.29, 1.82) is 0 Å². The summed E-state index contributed by atoms with van der Waals surface area (Å²) in [6.07, 6.45) is 0.111. The third-order valence-corrected chi connectivity index (χ3v) is 4.50. The molecular weight excluding hydrogens is 345 g/mol. The van der Waals surface area contributed by atoms with Crippen molar-refractivity contribution in [3.63, 3.8) is 0 Å². The number of amides is 1. The van der Waals surface area contributed by atoms with E-state index in [0.29, 0.717) is 23.2 Å². The molecule has 0 aliphatic carbocycles. The second-order valence-electron chi connectivity index (χ2n) is 6.35. The van der Waals surface area contributed by atoms with Crippen LogP contribution in [0, 0.1) is 5.82 Å². The van der Waals surface area contributed by atoms with E-state index in [0.717, 1.165) is 11.1 Å². The molecule has 0 aromatic heterocycles. The van der Waals surface area contributed by atoms with E-state index in [-0.39, 0.29) is 12.0 Å². The Bertz CT molecular complexity index is 1020. The molecule has 0 radical (unpaired) electrons. The summed E-state index contributed by atoms with van der Waals surface area (Å²) in [6, 6.07) is 20.0. The zero-order valence-corrected chi connectivity index (χ0v) is 14.3. The van der Waals surface area contributed by atoms with E-state index in [1.165, 1.54) is 18.2 Å². The molecule has 4 rings (SSSR count). The summed E-state index contributed by atoms with van der Waals surface area (Å²) in [5.41, 5.74) is 2.90. The van der Waals surface area contributed by atoms with Gasteiger partial charge in [0.25, 0.3) is 5.91 Å². The van der Waals surface area contributed by atoms with Crippen LogP contribution in [0.2, 0.25) is 0 Å². The van der Waals surface area contributed by atoms with Crippen LogP contribution < -0.4 is 5.32 Å². The van der Waals surface area contributed by atoms with Gasteiger partial charge in [-0.05, 0) is 47.5 Å². The highest BCUT2D eigenvalue weighted by Gasteiger charge is 2.28. The van der Waals surface area contributed by atoms with Crippen LogP contribution in [0.4, 0.5) is 10.1 Å².